The zero-order valence-corrected chi connectivity index (χ0v) is 34.4. The molecular formula is C40H62Br2N4O3. The minimum atomic E-state index is -0.357. The van der Waals surface area contributed by atoms with Crippen molar-refractivity contribution in [3.63, 3.8) is 0 Å². The molecule has 0 radical (unpaired) electrons. The summed E-state index contributed by atoms with van der Waals surface area (Å²) in [6, 6.07) is 9.57. The predicted molar refractivity (Wildman–Crippen MR) is 214 cm³/mol. The molecule has 0 aliphatic rings. The molecule has 1 N–H and O–H groups in total. The van der Waals surface area contributed by atoms with Gasteiger partial charge in [-0.05, 0) is 99.2 Å². The molecule has 2 aromatic carbocycles. The maximum Gasteiger partial charge on any atom is 0.338 e. The van der Waals surface area contributed by atoms with Gasteiger partial charge in [0.25, 0.3) is 0 Å². The zero-order chi connectivity index (χ0) is 36.2. The fourth-order valence-electron chi connectivity index (χ4n) is 5.95. The van der Waals surface area contributed by atoms with Gasteiger partial charge in [0.05, 0.1) is 17.9 Å². The highest BCUT2D eigenvalue weighted by molar-refractivity contribution is 9.11. The molecule has 2 rings (SSSR count). The first-order valence-corrected chi connectivity index (χ1v) is 20.5. The third kappa shape index (κ3) is 14.9. The standard InChI is InChI=1S/C40H62Br2N4O3/c1-8-15-18-29(11-4)26-46(27-30(12-5)19-16-9-2)33-21-22-36(37(25-33)43-38(47)14-7)44-45-39-34(41)23-32(24-35(39)42)40(48)49-28-31(13-6)20-17-10-3/h21-25,29-31H,8-20,26-28H2,1-7H3,(H,43,47). The topological polar surface area (TPSA) is 83.4 Å². The molecule has 0 aromatic heterocycles. The summed E-state index contributed by atoms with van der Waals surface area (Å²) in [5.74, 6) is 1.16. The van der Waals surface area contributed by atoms with E-state index in [0.29, 0.717) is 62.4 Å². The van der Waals surface area contributed by atoms with Gasteiger partial charge in [0.15, 0.2) is 0 Å². The number of ether oxygens (including phenoxy) is 1. The fraction of sp³-hybridized carbons (Fsp3) is 0.650. The number of esters is 1. The molecule has 7 nitrogen and oxygen atoms in total. The SMILES string of the molecule is CCCCC(CC)COC(=O)c1cc(Br)c(N=Nc2ccc(N(CC(CC)CCCC)CC(CC)CCCC)cc2NC(=O)CC)c(Br)c1. The summed E-state index contributed by atoms with van der Waals surface area (Å²) in [5.41, 5.74) is 3.30. The highest BCUT2D eigenvalue weighted by atomic mass is 79.9. The number of halogens is 2. The van der Waals surface area contributed by atoms with Gasteiger partial charge in [-0.2, -0.15) is 0 Å². The second kappa shape index (κ2) is 24.0. The Kier molecular flexibility index (Phi) is 21.0. The predicted octanol–water partition coefficient (Wildman–Crippen LogP) is 13.6. The Morgan fingerprint density at radius 1 is 0.755 bits per heavy atom. The van der Waals surface area contributed by atoms with Crippen LogP contribution in [0.1, 0.15) is 142 Å². The van der Waals surface area contributed by atoms with Crippen molar-refractivity contribution in [2.45, 2.75) is 132 Å². The Morgan fingerprint density at radius 3 is 1.78 bits per heavy atom. The molecule has 3 atom stereocenters. The Morgan fingerprint density at radius 2 is 1.29 bits per heavy atom. The summed E-state index contributed by atoms with van der Waals surface area (Å²) in [6.07, 6.45) is 14.3. The summed E-state index contributed by atoms with van der Waals surface area (Å²) in [6.45, 7) is 17.7. The van der Waals surface area contributed by atoms with Crippen LogP contribution >= 0.6 is 31.9 Å². The van der Waals surface area contributed by atoms with Crippen LogP contribution in [0, 0.1) is 17.8 Å². The number of carbonyl (C=O) groups excluding carboxylic acids is 2. The average molecular weight is 807 g/mol. The van der Waals surface area contributed by atoms with Crippen molar-refractivity contribution in [3.05, 3.63) is 44.8 Å². The van der Waals surface area contributed by atoms with Gasteiger partial charge in [0.2, 0.25) is 5.91 Å². The first-order valence-electron chi connectivity index (χ1n) is 18.9. The van der Waals surface area contributed by atoms with E-state index in [9.17, 15) is 9.59 Å². The van der Waals surface area contributed by atoms with Gasteiger partial charge >= 0.3 is 5.97 Å². The van der Waals surface area contributed by atoms with Crippen LogP contribution in [0.4, 0.5) is 22.7 Å². The number of nitrogens with one attached hydrogen (secondary N) is 1. The number of benzene rings is 2. The van der Waals surface area contributed by atoms with Gasteiger partial charge in [-0.1, -0.05) is 106 Å². The van der Waals surface area contributed by atoms with E-state index in [1.165, 1.54) is 38.5 Å². The van der Waals surface area contributed by atoms with E-state index in [-0.39, 0.29) is 11.9 Å². The van der Waals surface area contributed by atoms with Crippen molar-refractivity contribution in [2.24, 2.45) is 28.0 Å². The number of azo groups is 1. The highest BCUT2D eigenvalue weighted by Crippen LogP contribution is 2.38. The van der Waals surface area contributed by atoms with Crippen molar-refractivity contribution < 1.29 is 14.3 Å². The van der Waals surface area contributed by atoms with Crippen molar-refractivity contribution in [1.29, 1.82) is 0 Å². The quantitative estimate of drug-likeness (QED) is 0.0846. The summed E-state index contributed by atoms with van der Waals surface area (Å²) in [5, 5.41) is 12.3. The van der Waals surface area contributed by atoms with Crippen LogP contribution in [0.15, 0.2) is 49.5 Å². The smallest absolute Gasteiger partial charge is 0.338 e. The lowest BCUT2D eigenvalue weighted by Gasteiger charge is -2.33. The zero-order valence-electron chi connectivity index (χ0n) is 31.3. The second-order valence-corrected chi connectivity index (χ2v) is 15.1. The molecule has 49 heavy (non-hydrogen) atoms. The fourth-order valence-corrected chi connectivity index (χ4v) is 7.29. The van der Waals surface area contributed by atoms with E-state index >= 15 is 0 Å². The first-order chi connectivity index (χ1) is 23.6. The van der Waals surface area contributed by atoms with Gasteiger partial charge < -0.3 is 15.0 Å². The molecular weight excluding hydrogens is 744 g/mol. The van der Waals surface area contributed by atoms with E-state index in [0.717, 1.165) is 57.3 Å². The minimum absolute atomic E-state index is 0.0749. The molecule has 0 fully saturated rings. The number of carbonyl (C=O) groups is 2. The van der Waals surface area contributed by atoms with Crippen LogP contribution < -0.4 is 10.2 Å². The molecule has 1 amide bonds. The van der Waals surface area contributed by atoms with E-state index < -0.39 is 0 Å². The monoisotopic (exact) mass is 804 g/mol. The van der Waals surface area contributed by atoms with Crippen LogP contribution in [0.2, 0.25) is 0 Å². The highest BCUT2D eigenvalue weighted by Gasteiger charge is 2.20. The van der Waals surface area contributed by atoms with Crippen molar-refractivity contribution in [1.82, 2.24) is 0 Å². The summed E-state index contributed by atoms with van der Waals surface area (Å²) in [7, 11) is 0. The molecule has 9 heteroatoms. The molecule has 0 saturated carbocycles. The molecule has 0 bridgehead atoms. The lowest BCUT2D eigenvalue weighted by atomic mass is 9.95. The number of nitrogens with zero attached hydrogens (tertiary/aromatic N) is 3. The molecule has 2 aromatic rings. The second-order valence-electron chi connectivity index (χ2n) is 13.3. The van der Waals surface area contributed by atoms with Crippen LogP contribution in [-0.4, -0.2) is 31.6 Å². The van der Waals surface area contributed by atoms with Gasteiger partial charge in [-0.25, -0.2) is 4.79 Å². The Labute approximate surface area is 314 Å². The van der Waals surface area contributed by atoms with Crippen LogP contribution in [-0.2, 0) is 9.53 Å². The Hall–Kier alpha value is -2.26. The van der Waals surface area contributed by atoms with E-state index in [4.69, 9.17) is 4.74 Å². The Bertz CT molecular complexity index is 1280. The largest absolute Gasteiger partial charge is 0.462 e. The number of unbranched alkanes of at least 4 members (excludes halogenated alkanes) is 3. The third-order valence-electron chi connectivity index (χ3n) is 9.49. The van der Waals surface area contributed by atoms with Gasteiger partial charge in [-0.15, -0.1) is 10.2 Å². The molecule has 0 spiro atoms. The third-order valence-corrected chi connectivity index (χ3v) is 10.7. The lowest BCUT2D eigenvalue weighted by Crippen LogP contribution is -2.34. The van der Waals surface area contributed by atoms with Crippen molar-refractivity contribution in [2.75, 3.05) is 29.9 Å². The molecule has 274 valence electrons. The van der Waals surface area contributed by atoms with E-state index in [2.05, 4.69) is 106 Å². The lowest BCUT2D eigenvalue weighted by molar-refractivity contribution is -0.115. The number of hydrogen-bond donors (Lipinski definition) is 1. The summed E-state index contributed by atoms with van der Waals surface area (Å²) < 4.78 is 6.91. The maximum absolute atomic E-state index is 12.9. The molecule has 0 aliphatic heterocycles. The molecule has 0 heterocycles. The molecule has 3 unspecified atom stereocenters. The number of hydrogen-bond acceptors (Lipinski definition) is 6. The van der Waals surface area contributed by atoms with Crippen molar-refractivity contribution in [3.8, 4) is 0 Å². The van der Waals surface area contributed by atoms with E-state index in [1.54, 1.807) is 12.1 Å². The number of rotatable bonds is 24. The van der Waals surface area contributed by atoms with Crippen LogP contribution in [0.3, 0.4) is 0 Å². The van der Waals surface area contributed by atoms with Gasteiger partial charge in [-0.3, -0.25) is 4.79 Å². The average Bonchev–Trinajstić information content (AvgIpc) is 3.10. The minimum Gasteiger partial charge on any atom is -0.462 e. The summed E-state index contributed by atoms with van der Waals surface area (Å²) in [4.78, 5) is 28.1. The van der Waals surface area contributed by atoms with Crippen LogP contribution in [0.25, 0.3) is 0 Å². The van der Waals surface area contributed by atoms with Gasteiger partial charge in [0.1, 0.15) is 11.4 Å². The first kappa shape index (κ1) is 42.9. The maximum atomic E-state index is 12.9. The van der Waals surface area contributed by atoms with Crippen LogP contribution in [0.5, 0.6) is 0 Å². The number of amides is 1. The molecule has 0 saturated heterocycles. The van der Waals surface area contributed by atoms with E-state index in [1.807, 2.05) is 13.0 Å². The number of anilines is 2. The summed E-state index contributed by atoms with van der Waals surface area (Å²) >= 11 is 7.19. The molecule has 0 aliphatic carbocycles. The van der Waals surface area contributed by atoms with Gasteiger partial charge in [0, 0.05) is 34.1 Å². The normalized spacial score (nSPS) is 13.3. The Balaban J connectivity index is 2.42. The van der Waals surface area contributed by atoms with Crippen molar-refractivity contribution >= 4 is 66.5 Å².